The van der Waals surface area contributed by atoms with Crippen molar-refractivity contribution in [2.45, 2.75) is 32.5 Å². The molecule has 0 saturated carbocycles. The van der Waals surface area contributed by atoms with Gasteiger partial charge in [-0.1, -0.05) is 91.3 Å². The Morgan fingerprint density at radius 2 is 1.47 bits per heavy atom. The molecule has 0 bridgehead atoms. The van der Waals surface area contributed by atoms with E-state index in [0.29, 0.717) is 24.5 Å². The van der Waals surface area contributed by atoms with Gasteiger partial charge in [0, 0.05) is 24.5 Å². The summed E-state index contributed by atoms with van der Waals surface area (Å²) in [6.07, 6.45) is 0.308. The van der Waals surface area contributed by atoms with Crippen molar-refractivity contribution < 1.29 is 9.59 Å². The first-order chi connectivity index (χ1) is 14.6. The summed E-state index contributed by atoms with van der Waals surface area (Å²) in [7, 11) is 0. The number of carbonyl (C=O) groups is 2. The molecule has 1 unspecified atom stereocenters. The van der Waals surface area contributed by atoms with E-state index >= 15 is 0 Å². The predicted molar refractivity (Wildman–Crippen MR) is 120 cm³/mol. The monoisotopic (exact) mass is 420 g/mol. The fourth-order valence-electron chi connectivity index (χ4n) is 3.30. The maximum atomic E-state index is 13.3. The fourth-order valence-corrected chi connectivity index (χ4v) is 3.43. The van der Waals surface area contributed by atoms with E-state index in [2.05, 4.69) is 5.32 Å². The highest BCUT2D eigenvalue weighted by Crippen LogP contribution is 2.25. The predicted octanol–water partition coefficient (Wildman–Crippen LogP) is 5.14. The smallest absolute Gasteiger partial charge is 0.247 e. The minimum atomic E-state index is -0.724. The molecule has 0 aliphatic rings. The van der Waals surface area contributed by atoms with Crippen LogP contribution in [0, 0.1) is 0 Å². The Morgan fingerprint density at radius 3 is 2.07 bits per heavy atom. The summed E-state index contributed by atoms with van der Waals surface area (Å²) in [5, 5.41) is 3.63. The van der Waals surface area contributed by atoms with E-state index in [1.807, 2.05) is 72.8 Å². The topological polar surface area (TPSA) is 49.4 Å². The molecule has 3 aromatic carbocycles. The molecule has 0 aromatic heterocycles. The zero-order valence-electron chi connectivity index (χ0n) is 16.9. The average Bonchev–Trinajstić information content (AvgIpc) is 2.79. The molecule has 0 aliphatic carbocycles. The first kappa shape index (κ1) is 21.6. The molecule has 2 amide bonds. The number of nitrogens with zero attached hydrogens (tertiary/aromatic N) is 1. The van der Waals surface area contributed by atoms with Crippen LogP contribution in [-0.4, -0.2) is 16.7 Å². The highest BCUT2D eigenvalue weighted by atomic mass is 35.5. The van der Waals surface area contributed by atoms with Crippen LogP contribution in [0.5, 0.6) is 0 Å². The molecule has 0 heterocycles. The van der Waals surface area contributed by atoms with Gasteiger partial charge in [-0.3, -0.25) is 9.59 Å². The van der Waals surface area contributed by atoms with Crippen LogP contribution < -0.4 is 5.32 Å². The van der Waals surface area contributed by atoms with E-state index in [1.54, 1.807) is 24.0 Å². The summed E-state index contributed by atoms with van der Waals surface area (Å²) in [6.45, 7) is 2.53. The lowest BCUT2D eigenvalue weighted by Crippen LogP contribution is -2.43. The highest BCUT2D eigenvalue weighted by Gasteiger charge is 2.30. The Labute approximate surface area is 182 Å². The molecular formula is C25H25ClN2O2. The van der Waals surface area contributed by atoms with Crippen LogP contribution in [0.15, 0.2) is 84.9 Å². The van der Waals surface area contributed by atoms with Crippen LogP contribution in [0.3, 0.4) is 0 Å². The van der Waals surface area contributed by atoms with Crippen molar-refractivity contribution >= 4 is 23.4 Å². The Bertz CT molecular complexity index is 959. The normalized spacial score (nSPS) is 11.5. The van der Waals surface area contributed by atoms with Gasteiger partial charge in [0.15, 0.2) is 0 Å². The van der Waals surface area contributed by atoms with E-state index in [4.69, 9.17) is 11.6 Å². The lowest BCUT2D eigenvalue weighted by Gasteiger charge is -2.31. The van der Waals surface area contributed by atoms with Gasteiger partial charge in [-0.25, -0.2) is 0 Å². The van der Waals surface area contributed by atoms with Crippen molar-refractivity contribution in [1.82, 2.24) is 10.2 Å². The van der Waals surface area contributed by atoms with Gasteiger partial charge >= 0.3 is 0 Å². The first-order valence-corrected chi connectivity index (χ1v) is 10.4. The quantitative estimate of drug-likeness (QED) is 0.548. The molecule has 30 heavy (non-hydrogen) atoms. The maximum absolute atomic E-state index is 13.3. The second-order valence-electron chi connectivity index (χ2n) is 7.02. The number of hydrogen-bond acceptors (Lipinski definition) is 2. The van der Waals surface area contributed by atoms with Gasteiger partial charge in [0.1, 0.15) is 6.04 Å². The number of halogens is 1. The SMILES string of the molecule is CCC(=O)N(Cc1ccc(Cl)cc1)C(C(=O)NCc1ccccc1)c1ccccc1. The highest BCUT2D eigenvalue weighted by molar-refractivity contribution is 6.30. The van der Waals surface area contributed by atoms with Gasteiger partial charge in [-0.2, -0.15) is 0 Å². The molecule has 0 fully saturated rings. The van der Waals surface area contributed by atoms with Crippen molar-refractivity contribution in [3.63, 3.8) is 0 Å². The zero-order chi connectivity index (χ0) is 21.3. The van der Waals surface area contributed by atoms with Crippen molar-refractivity contribution in [2.24, 2.45) is 0 Å². The molecule has 0 aliphatic heterocycles. The third kappa shape index (κ3) is 5.71. The summed E-state index contributed by atoms with van der Waals surface area (Å²) in [6, 6.07) is 25.7. The van der Waals surface area contributed by atoms with Gasteiger partial charge in [0.05, 0.1) is 0 Å². The Morgan fingerprint density at radius 1 is 0.867 bits per heavy atom. The number of hydrogen-bond donors (Lipinski definition) is 1. The van der Waals surface area contributed by atoms with Crippen LogP contribution in [0.2, 0.25) is 5.02 Å². The molecule has 5 heteroatoms. The number of amides is 2. The standard InChI is InChI=1S/C25H25ClN2O2/c1-2-23(29)28(18-20-13-15-22(26)16-14-20)24(21-11-7-4-8-12-21)25(30)27-17-19-9-5-3-6-10-19/h3-16,24H,2,17-18H2,1H3,(H,27,30). The molecule has 1 atom stereocenters. The minimum absolute atomic E-state index is 0.0892. The molecular weight excluding hydrogens is 396 g/mol. The van der Waals surface area contributed by atoms with Gasteiger partial charge in [0.2, 0.25) is 11.8 Å². The van der Waals surface area contributed by atoms with Crippen molar-refractivity contribution in [3.8, 4) is 0 Å². The summed E-state index contributed by atoms with van der Waals surface area (Å²) in [4.78, 5) is 27.8. The molecule has 3 rings (SSSR count). The lowest BCUT2D eigenvalue weighted by molar-refractivity contribution is -0.141. The number of benzene rings is 3. The Hall–Kier alpha value is -3.11. The van der Waals surface area contributed by atoms with Crippen LogP contribution in [0.25, 0.3) is 0 Å². The number of rotatable bonds is 8. The molecule has 1 N–H and O–H groups in total. The second kappa shape index (κ2) is 10.6. The average molecular weight is 421 g/mol. The Kier molecular flexibility index (Phi) is 7.63. The number of nitrogens with one attached hydrogen (secondary N) is 1. The van der Waals surface area contributed by atoms with Crippen LogP contribution >= 0.6 is 11.6 Å². The zero-order valence-corrected chi connectivity index (χ0v) is 17.7. The summed E-state index contributed by atoms with van der Waals surface area (Å²) in [5.74, 6) is -0.297. The largest absolute Gasteiger partial charge is 0.350 e. The van der Waals surface area contributed by atoms with Crippen LogP contribution in [0.1, 0.15) is 36.1 Å². The minimum Gasteiger partial charge on any atom is -0.350 e. The maximum Gasteiger partial charge on any atom is 0.247 e. The van der Waals surface area contributed by atoms with Crippen LogP contribution in [-0.2, 0) is 22.7 Å². The molecule has 0 radical (unpaired) electrons. The molecule has 154 valence electrons. The summed E-state index contributed by atoms with van der Waals surface area (Å²) >= 11 is 6.00. The van der Waals surface area contributed by atoms with Crippen molar-refractivity contribution in [3.05, 3.63) is 107 Å². The Balaban J connectivity index is 1.89. The molecule has 0 spiro atoms. The summed E-state index contributed by atoms with van der Waals surface area (Å²) < 4.78 is 0. The lowest BCUT2D eigenvalue weighted by atomic mass is 10.0. The van der Waals surface area contributed by atoms with Crippen LogP contribution in [0.4, 0.5) is 0 Å². The number of carbonyl (C=O) groups excluding carboxylic acids is 2. The fraction of sp³-hybridized carbons (Fsp3) is 0.200. The van der Waals surface area contributed by atoms with Gasteiger partial charge in [-0.05, 0) is 28.8 Å². The third-order valence-electron chi connectivity index (χ3n) is 4.87. The third-order valence-corrected chi connectivity index (χ3v) is 5.13. The van der Waals surface area contributed by atoms with E-state index in [1.165, 1.54) is 0 Å². The van der Waals surface area contributed by atoms with Gasteiger partial charge < -0.3 is 10.2 Å². The first-order valence-electron chi connectivity index (χ1n) is 9.99. The van der Waals surface area contributed by atoms with E-state index in [-0.39, 0.29) is 11.8 Å². The van der Waals surface area contributed by atoms with Gasteiger partial charge in [0.25, 0.3) is 0 Å². The van der Waals surface area contributed by atoms with Gasteiger partial charge in [-0.15, -0.1) is 0 Å². The van der Waals surface area contributed by atoms with Crippen molar-refractivity contribution in [1.29, 1.82) is 0 Å². The van der Waals surface area contributed by atoms with E-state index in [0.717, 1.165) is 16.7 Å². The van der Waals surface area contributed by atoms with E-state index in [9.17, 15) is 9.59 Å². The molecule has 0 saturated heterocycles. The summed E-state index contributed by atoms with van der Waals surface area (Å²) in [5.41, 5.74) is 2.69. The molecule has 4 nitrogen and oxygen atoms in total. The van der Waals surface area contributed by atoms with Crippen molar-refractivity contribution in [2.75, 3.05) is 0 Å². The molecule has 3 aromatic rings. The second-order valence-corrected chi connectivity index (χ2v) is 7.45. The van der Waals surface area contributed by atoms with E-state index < -0.39 is 6.04 Å².